The number of hydrogen-bond acceptors (Lipinski definition) is 2. The molecule has 1 aromatic rings. The molecule has 1 aromatic heterocycles. The Morgan fingerprint density at radius 2 is 2.29 bits per heavy atom. The van der Waals surface area contributed by atoms with Crippen LogP contribution < -0.4 is 0 Å². The largest absolute Gasteiger partial charge is 0.375 e. The number of aliphatic hydroxyl groups is 1. The maximum Gasteiger partial charge on any atom is 0.149 e. The minimum atomic E-state index is -0.592. The molecule has 1 heterocycles. The number of rotatable bonds is 3. The van der Waals surface area contributed by atoms with Crippen LogP contribution in [0.4, 0.5) is 0 Å². The molecule has 0 spiro atoms. The van der Waals surface area contributed by atoms with Gasteiger partial charge in [0.1, 0.15) is 6.10 Å². The predicted molar refractivity (Wildman–Crippen MR) is 61.3 cm³/mol. The van der Waals surface area contributed by atoms with Gasteiger partial charge in [-0.05, 0) is 25.5 Å². The normalized spacial score (nSPS) is 11.9. The van der Waals surface area contributed by atoms with E-state index in [0.29, 0.717) is 0 Å². The highest BCUT2D eigenvalue weighted by atomic mass is 32.1. The van der Waals surface area contributed by atoms with Gasteiger partial charge in [0.2, 0.25) is 0 Å². The Labute approximate surface area is 89.8 Å². The van der Waals surface area contributed by atoms with Crippen LogP contribution in [0.5, 0.6) is 0 Å². The highest BCUT2D eigenvalue weighted by Gasteiger charge is 2.04. The van der Waals surface area contributed by atoms with Crippen molar-refractivity contribution in [3.8, 4) is 11.8 Å². The fourth-order valence-electron chi connectivity index (χ4n) is 1.11. The van der Waals surface area contributed by atoms with Crippen LogP contribution in [-0.4, -0.2) is 5.11 Å². The van der Waals surface area contributed by atoms with Crippen LogP contribution in [0.1, 0.15) is 42.0 Å². The van der Waals surface area contributed by atoms with E-state index in [1.165, 1.54) is 4.88 Å². The molecule has 1 N–H and O–H groups in total. The summed E-state index contributed by atoms with van der Waals surface area (Å²) < 4.78 is 0. The summed E-state index contributed by atoms with van der Waals surface area (Å²) in [6.45, 7) is 4.17. The number of aryl methyl sites for hydroxylation is 1. The molecule has 1 atom stereocenters. The van der Waals surface area contributed by atoms with E-state index in [9.17, 15) is 5.11 Å². The summed E-state index contributed by atoms with van der Waals surface area (Å²) in [6.07, 6.45) is 2.56. The SMILES string of the molecule is CCCCC#CC(O)c1ccc(C)s1. The Balaban J connectivity index is 2.48. The summed E-state index contributed by atoms with van der Waals surface area (Å²) in [4.78, 5) is 2.17. The number of aliphatic hydroxyl groups excluding tert-OH is 1. The van der Waals surface area contributed by atoms with E-state index in [-0.39, 0.29) is 0 Å². The lowest BCUT2D eigenvalue weighted by Gasteiger charge is -1.97. The summed E-state index contributed by atoms with van der Waals surface area (Å²) in [5, 5.41) is 9.67. The second-order valence-corrected chi connectivity index (χ2v) is 4.60. The number of hydrogen-bond donors (Lipinski definition) is 1. The van der Waals surface area contributed by atoms with Crippen molar-refractivity contribution < 1.29 is 5.11 Å². The monoisotopic (exact) mass is 208 g/mol. The lowest BCUT2D eigenvalue weighted by Crippen LogP contribution is -1.88. The summed E-state index contributed by atoms with van der Waals surface area (Å²) >= 11 is 1.61. The van der Waals surface area contributed by atoms with Crippen molar-refractivity contribution in [1.82, 2.24) is 0 Å². The first-order valence-corrected chi connectivity index (χ1v) is 5.78. The minimum Gasteiger partial charge on any atom is -0.375 e. The average Bonchev–Trinajstić information content (AvgIpc) is 2.59. The molecule has 1 rings (SSSR count). The molecular weight excluding hydrogens is 192 g/mol. The second-order valence-electron chi connectivity index (χ2n) is 3.28. The van der Waals surface area contributed by atoms with Crippen molar-refractivity contribution >= 4 is 11.3 Å². The van der Waals surface area contributed by atoms with Crippen molar-refractivity contribution in [2.45, 2.75) is 39.2 Å². The van der Waals surface area contributed by atoms with Gasteiger partial charge in [0.15, 0.2) is 0 Å². The van der Waals surface area contributed by atoms with Gasteiger partial charge in [0.05, 0.1) is 0 Å². The van der Waals surface area contributed by atoms with Crippen LogP contribution in [0, 0.1) is 18.8 Å². The molecule has 0 radical (unpaired) electrons. The molecule has 2 heteroatoms. The molecule has 0 aliphatic rings. The zero-order valence-electron chi connectivity index (χ0n) is 8.71. The average molecular weight is 208 g/mol. The van der Waals surface area contributed by atoms with Crippen molar-refractivity contribution in [1.29, 1.82) is 0 Å². The van der Waals surface area contributed by atoms with Crippen molar-refractivity contribution in [3.63, 3.8) is 0 Å². The first kappa shape index (κ1) is 11.3. The maximum absolute atomic E-state index is 9.67. The van der Waals surface area contributed by atoms with Crippen molar-refractivity contribution in [3.05, 3.63) is 21.9 Å². The predicted octanol–water partition coefficient (Wildman–Crippen LogP) is 3.28. The van der Waals surface area contributed by atoms with Crippen molar-refractivity contribution in [2.24, 2.45) is 0 Å². The Kier molecular flexibility index (Phi) is 4.72. The van der Waals surface area contributed by atoms with E-state index in [2.05, 4.69) is 18.8 Å². The molecule has 14 heavy (non-hydrogen) atoms. The van der Waals surface area contributed by atoms with E-state index in [1.54, 1.807) is 11.3 Å². The van der Waals surface area contributed by atoms with Crippen molar-refractivity contribution in [2.75, 3.05) is 0 Å². The first-order chi connectivity index (χ1) is 6.74. The number of thiophene rings is 1. The lowest BCUT2D eigenvalue weighted by atomic mass is 10.2. The van der Waals surface area contributed by atoms with Gasteiger partial charge in [-0.15, -0.1) is 17.3 Å². The smallest absolute Gasteiger partial charge is 0.149 e. The molecule has 0 saturated heterocycles. The molecule has 0 aliphatic carbocycles. The Bertz CT molecular complexity index is 330. The van der Waals surface area contributed by atoms with Gasteiger partial charge in [0, 0.05) is 16.2 Å². The van der Waals surface area contributed by atoms with Crippen LogP contribution in [0.2, 0.25) is 0 Å². The van der Waals surface area contributed by atoms with Crippen LogP contribution in [0.3, 0.4) is 0 Å². The van der Waals surface area contributed by atoms with Crippen LogP contribution >= 0.6 is 11.3 Å². The molecular formula is C12H16OS. The fraction of sp³-hybridized carbons (Fsp3) is 0.500. The van der Waals surface area contributed by atoms with Gasteiger partial charge >= 0.3 is 0 Å². The van der Waals surface area contributed by atoms with E-state index in [0.717, 1.165) is 24.1 Å². The van der Waals surface area contributed by atoms with Crippen LogP contribution in [0.25, 0.3) is 0 Å². The molecule has 76 valence electrons. The summed E-state index contributed by atoms with van der Waals surface area (Å²) in [6, 6.07) is 3.95. The third kappa shape index (κ3) is 3.53. The minimum absolute atomic E-state index is 0.592. The molecule has 0 saturated carbocycles. The van der Waals surface area contributed by atoms with Crippen LogP contribution in [0.15, 0.2) is 12.1 Å². The van der Waals surface area contributed by atoms with Gasteiger partial charge in [-0.1, -0.05) is 19.3 Å². The molecule has 0 aromatic carbocycles. The van der Waals surface area contributed by atoms with Crippen LogP contribution in [-0.2, 0) is 0 Å². The third-order valence-electron chi connectivity index (χ3n) is 1.92. The quantitative estimate of drug-likeness (QED) is 0.597. The first-order valence-electron chi connectivity index (χ1n) is 4.97. The summed E-state index contributed by atoms with van der Waals surface area (Å²) in [5.41, 5.74) is 0. The topological polar surface area (TPSA) is 20.2 Å². The third-order valence-corrected chi connectivity index (χ3v) is 2.98. The molecule has 0 bridgehead atoms. The zero-order chi connectivity index (χ0) is 10.4. The molecule has 1 nitrogen and oxygen atoms in total. The molecule has 0 fully saturated rings. The van der Waals surface area contributed by atoms with Gasteiger partial charge in [-0.3, -0.25) is 0 Å². The maximum atomic E-state index is 9.67. The standard InChI is InChI=1S/C12H16OS/c1-3-4-5-6-7-11(13)12-9-8-10(2)14-12/h8-9,11,13H,3-5H2,1-2H3. The Hall–Kier alpha value is -0.780. The Morgan fingerprint density at radius 3 is 2.86 bits per heavy atom. The van der Waals surface area contributed by atoms with Gasteiger partial charge < -0.3 is 5.11 Å². The number of unbranched alkanes of at least 4 members (excludes halogenated alkanes) is 2. The Morgan fingerprint density at radius 1 is 1.50 bits per heavy atom. The second kappa shape index (κ2) is 5.85. The fourth-order valence-corrected chi connectivity index (χ4v) is 1.92. The van der Waals surface area contributed by atoms with Gasteiger partial charge in [0.25, 0.3) is 0 Å². The van der Waals surface area contributed by atoms with Gasteiger partial charge in [-0.2, -0.15) is 0 Å². The summed E-state index contributed by atoms with van der Waals surface area (Å²) in [7, 11) is 0. The van der Waals surface area contributed by atoms with E-state index < -0.39 is 6.10 Å². The van der Waals surface area contributed by atoms with E-state index in [4.69, 9.17) is 0 Å². The van der Waals surface area contributed by atoms with E-state index in [1.807, 2.05) is 19.1 Å². The lowest BCUT2D eigenvalue weighted by molar-refractivity contribution is 0.242. The van der Waals surface area contributed by atoms with Gasteiger partial charge in [-0.25, -0.2) is 0 Å². The molecule has 0 aliphatic heterocycles. The summed E-state index contributed by atoms with van der Waals surface area (Å²) in [5.74, 6) is 5.86. The molecule has 1 unspecified atom stereocenters. The molecule has 0 amide bonds. The highest BCUT2D eigenvalue weighted by Crippen LogP contribution is 2.21. The highest BCUT2D eigenvalue weighted by molar-refractivity contribution is 7.12. The zero-order valence-corrected chi connectivity index (χ0v) is 9.53. The van der Waals surface area contributed by atoms with E-state index >= 15 is 0 Å².